The summed E-state index contributed by atoms with van der Waals surface area (Å²) < 4.78 is 4.63. The summed E-state index contributed by atoms with van der Waals surface area (Å²) in [5.41, 5.74) is 6.33. The van der Waals surface area contributed by atoms with Crippen molar-refractivity contribution in [3.8, 4) is 0 Å². The molecule has 28 heavy (non-hydrogen) atoms. The molecule has 1 fully saturated rings. The summed E-state index contributed by atoms with van der Waals surface area (Å²) in [5.74, 6) is 0.248. The highest BCUT2D eigenvalue weighted by atomic mass is 16.5. The third kappa shape index (κ3) is 3.87. The predicted molar refractivity (Wildman–Crippen MR) is 113 cm³/mol. The highest BCUT2D eigenvalue weighted by Crippen LogP contribution is 2.35. The number of methoxy groups -OCH3 is 1. The van der Waals surface area contributed by atoms with E-state index in [9.17, 15) is 4.79 Å². The smallest absolute Gasteiger partial charge is 0.330 e. The van der Waals surface area contributed by atoms with Gasteiger partial charge in [0.2, 0.25) is 0 Å². The van der Waals surface area contributed by atoms with E-state index in [0.29, 0.717) is 5.92 Å². The fourth-order valence-corrected chi connectivity index (χ4v) is 4.26. The van der Waals surface area contributed by atoms with Crippen molar-refractivity contribution < 1.29 is 9.53 Å². The van der Waals surface area contributed by atoms with E-state index in [2.05, 4.69) is 57.9 Å². The number of aryl methyl sites for hydroxylation is 1. The van der Waals surface area contributed by atoms with Crippen LogP contribution in [0, 0.1) is 6.92 Å². The van der Waals surface area contributed by atoms with E-state index in [4.69, 9.17) is 0 Å². The molecule has 3 aromatic rings. The summed E-state index contributed by atoms with van der Waals surface area (Å²) in [4.78, 5) is 17.3. The van der Waals surface area contributed by atoms with Gasteiger partial charge in [-0.2, -0.15) is 0 Å². The van der Waals surface area contributed by atoms with Crippen LogP contribution >= 0.6 is 0 Å². The number of nitrogens with zero attached hydrogens (tertiary/aromatic N) is 1. The average Bonchev–Trinajstić information content (AvgIpc) is 3.29. The lowest BCUT2D eigenvalue weighted by Crippen LogP contribution is -2.19. The van der Waals surface area contributed by atoms with E-state index >= 15 is 0 Å². The molecule has 144 valence electrons. The Morgan fingerprint density at radius 3 is 2.79 bits per heavy atom. The Labute approximate surface area is 165 Å². The molecule has 2 heterocycles. The van der Waals surface area contributed by atoms with Crippen molar-refractivity contribution in [2.24, 2.45) is 0 Å². The number of aromatic nitrogens is 1. The Morgan fingerprint density at radius 2 is 2.00 bits per heavy atom. The largest absolute Gasteiger partial charge is 0.466 e. The number of likely N-dealkylation sites (tertiary alicyclic amines) is 1. The molecule has 1 aromatic heterocycles. The van der Waals surface area contributed by atoms with Gasteiger partial charge in [-0.05, 0) is 48.7 Å². The molecular formula is C24H26N2O2. The maximum Gasteiger partial charge on any atom is 0.330 e. The van der Waals surface area contributed by atoms with Gasteiger partial charge >= 0.3 is 5.97 Å². The minimum absolute atomic E-state index is 0.334. The lowest BCUT2D eigenvalue weighted by molar-refractivity contribution is -0.134. The molecule has 0 aliphatic carbocycles. The summed E-state index contributed by atoms with van der Waals surface area (Å²) >= 11 is 0. The molecule has 1 aliphatic heterocycles. The summed E-state index contributed by atoms with van der Waals surface area (Å²) in [6.45, 7) is 5.36. The minimum atomic E-state index is -0.334. The van der Waals surface area contributed by atoms with Crippen LogP contribution in [0.2, 0.25) is 0 Å². The van der Waals surface area contributed by atoms with Crippen LogP contribution in [0.25, 0.3) is 17.0 Å². The molecule has 4 nitrogen and oxygen atoms in total. The van der Waals surface area contributed by atoms with Gasteiger partial charge in [0.05, 0.1) is 7.11 Å². The highest BCUT2D eigenvalue weighted by Gasteiger charge is 2.27. The molecule has 1 saturated heterocycles. The van der Waals surface area contributed by atoms with Gasteiger partial charge in [0, 0.05) is 41.7 Å². The summed E-state index contributed by atoms with van der Waals surface area (Å²) in [7, 11) is 1.39. The zero-order chi connectivity index (χ0) is 19.5. The first-order chi connectivity index (χ1) is 13.6. The highest BCUT2D eigenvalue weighted by molar-refractivity contribution is 5.87. The van der Waals surface area contributed by atoms with Gasteiger partial charge in [-0.1, -0.05) is 42.5 Å². The first-order valence-electron chi connectivity index (χ1n) is 9.78. The number of aromatic amines is 1. The van der Waals surface area contributed by atoms with Gasteiger partial charge in [0.25, 0.3) is 0 Å². The van der Waals surface area contributed by atoms with Crippen LogP contribution in [0.4, 0.5) is 0 Å². The standard InChI is InChI=1S/C24H26N2O2/c1-17-24(21-5-3-4-6-22(21)25-17)20-13-14-26(16-20)15-19-9-7-18(8-10-19)11-12-23(27)28-2/h3-12,20,25H,13-16H2,1-2H3/b12-11+. The maximum absolute atomic E-state index is 11.2. The van der Waals surface area contributed by atoms with Crippen LogP contribution in [0.3, 0.4) is 0 Å². The van der Waals surface area contributed by atoms with Crippen molar-refractivity contribution in [1.82, 2.24) is 9.88 Å². The number of hydrogen-bond acceptors (Lipinski definition) is 3. The molecule has 1 N–H and O–H groups in total. The molecule has 4 rings (SSSR count). The molecule has 1 unspecified atom stereocenters. The van der Waals surface area contributed by atoms with Crippen molar-refractivity contribution in [2.75, 3.05) is 20.2 Å². The van der Waals surface area contributed by atoms with E-state index in [1.54, 1.807) is 6.08 Å². The topological polar surface area (TPSA) is 45.3 Å². The SMILES string of the molecule is COC(=O)/C=C/c1ccc(CN2CCC(c3c(C)[nH]c4ccccc34)C2)cc1. The lowest BCUT2D eigenvalue weighted by Gasteiger charge is -2.16. The number of carbonyl (C=O) groups excluding carboxylic acids is 1. The van der Waals surface area contributed by atoms with E-state index < -0.39 is 0 Å². The van der Waals surface area contributed by atoms with E-state index in [1.807, 2.05) is 12.1 Å². The second kappa shape index (κ2) is 8.03. The maximum atomic E-state index is 11.2. The quantitative estimate of drug-likeness (QED) is 0.522. The zero-order valence-corrected chi connectivity index (χ0v) is 16.4. The van der Waals surface area contributed by atoms with Gasteiger partial charge in [0.15, 0.2) is 0 Å². The molecular weight excluding hydrogens is 348 g/mol. The molecule has 2 aromatic carbocycles. The van der Waals surface area contributed by atoms with Crippen molar-refractivity contribution >= 4 is 22.9 Å². The Balaban J connectivity index is 1.41. The summed E-state index contributed by atoms with van der Waals surface area (Å²) in [6.07, 6.45) is 4.42. The fraction of sp³-hybridized carbons (Fsp3) is 0.292. The molecule has 0 radical (unpaired) electrons. The van der Waals surface area contributed by atoms with Gasteiger partial charge in [-0.25, -0.2) is 4.79 Å². The van der Waals surface area contributed by atoms with Gasteiger partial charge < -0.3 is 9.72 Å². The van der Waals surface area contributed by atoms with Crippen LogP contribution in [0.5, 0.6) is 0 Å². The first-order valence-corrected chi connectivity index (χ1v) is 9.78. The predicted octanol–water partition coefficient (Wildman–Crippen LogP) is 4.65. The molecule has 0 saturated carbocycles. The lowest BCUT2D eigenvalue weighted by atomic mass is 9.95. The summed E-state index contributed by atoms with van der Waals surface area (Å²) in [6, 6.07) is 17.0. The van der Waals surface area contributed by atoms with E-state index in [0.717, 1.165) is 25.2 Å². The number of esters is 1. The molecule has 4 heteroatoms. The van der Waals surface area contributed by atoms with Crippen LogP contribution in [0.1, 0.15) is 34.7 Å². The fourth-order valence-electron chi connectivity index (χ4n) is 4.26. The Bertz CT molecular complexity index is 1000. The monoisotopic (exact) mass is 374 g/mol. The van der Waals surface area contributed by atoms with Crippen LogP contribution in [-0.2, 0) is 16.1 Å². The number of ether oxygens (including phenoxy) is 1. The van der Waals surface area contributed by atoms with Crippen molar-refractivity contribution in [2.45, 2.75) is 25.8 Å². The number of carbonyl (C=O) groups is 1. The van der Waals surface area contributed by atoms with Gasteiger partial charge in [-0.3, -0.25) is 4.90 Å². The number of hydrogen-bond donors (Lipinski definition) is 1. The minimum Gasteiger partial charge on any atom is -0.466 e. The van der Waals surface area contributed by atoms with E-state index in [-0.39, 0.29) is 5.97 Å². The number of rotatable bonds is 5. The zero-order valence-electron chi connectivity index (χ0n) is 16.4. The Morgan fingerprint density at radius 1 is 1.21 bits per heavy atom. The molecule has 1 aliphatic rings. The third-order valence-corrected chi connectivity index (χ3v) is 5.62. The number of nitrogens with one attached hydrogen (secondary N) is 1. The molecule has 0 spiro atoms. The van der Waals surface area contributed by atoms with E-state index in [1.165, 1.54) is 47.3 Å². The number of benzene rings is 2. The third-order valence-electron chi connectivity index (χ3n) is 5.62. The van der Waals surface area contributed by atoms with Crippen molar-refractivity contribution in [1.29, 1.82) is 0 Å². The number of fused-ring (bicyclic) bond motifs is 1. The van der Waals surface area contributed by atoms with Gasteiger partial charge in [-0.15, -0.1) is 0 Å². The second-order valence-electron chi connectivity index (χ2n) is 7.53. The Kier molecular flexibility index (Phi) is 5.31. The van der Waals surface area contributed by atoms with Crippen molar-refractivity contribution in [3.63, 3.8) is 0 Å². The van der Waals surface area contributed by atoms with Gasteiger partial charge in [0.1, 0.15) is 0 Å². The second-order valence-corrected chi connectivity index (χ2v) is 7.53. The molecule has 1 atom stereocenters. The summed E-state index contributed by atoms with van der Waals surface area (Å²) in [5, 5.41) is 1.37. The molecule has 0 bridgehead atoms. The van der Waals surface area contributed by atoms with Crippen molar-refractivity contribution in [3.05, 3.63) is 77.0 Å². The average molecular weight is 374 g/mol. The normalized spacial score (nSPS) is 17.6. The van der Waals surface area contributed by atoms with Crippen LogP contribution in [0.15, 0.2) is 54.6 Å². The number of H-pyrrole nitrogens is 1. The van der Waals surface area contributed by atoms with Crippen LogP contribution < -0.4 is 0 Å². The molecule has 0 amide bonds. The van der Waals surface area contributed by atoms with Crippen LogP contribution in [-0.4, -0.2) is 36.1 Å². The first kappa shape index (κ1) is 18.5. The Hall–Kier alpha value is -2.85. The number of para-hydroxylation sites is 1.